The van der Waals surface area contributed by atoms with E-state index >= 15 is 0 Å². The van der Waals surface area contributed by atoms with Crippen molar-refractivity contribution >= 4 is 0 Å². The Bertz CT molecular complexity index is 1020. The molecule has 3 heteroatoms. The molecule has 172 valence electrons. The van der Waals surface area contributed by atoms with Gasteiger partial charge in [-0.3, -0.25) is 4.90 Å². The van der Waals surface area contributed by atoms with Crippen LogP contribution in [0.25, 0.3) is 0 Å². The van der Waals surface area contributed by atoms with Gasteiger partial charge in [-0.05, 0) is 73.0 Å². The second-order valence-electron chi connectivity index (χ2n) is 9.77. The number of nitrogens with two attached hydrogens (primary N) is 1. The number of fused-ring (bicyclic) bond motifs is 3. The fourth-order valence-corrected chi connectivity index (χ4v) is 6.56. The van der Waals surface area contributed by atoms with E-state index in [0.717, 1.165) is 31.7 Å². The molecule has 0 aliphatic carbocycles. The standard InChI is InChI=1S/C30H36N2O/c1-3-22-14-15-27(33-2)26(20-22)21-30(29(31)25-16-18-32(30)19-17-25)28(23-10-6-4-7-11-23)24-12-8-5-9-13-24/h4-15,20,25,28-29H,3,16-19,21,31H2,1-2H3/t29-,30-/m0/s1. The Morgan fingerprint density at radius 1 is 0.939 bits per heavy atom. The third-order valence-corrected chi connectivity index (χ3v) is 8.21. The number of hydrogen-bond donors (Lipinski definition) is 1. The number of methoxy groups -OCH3 is 1. The third-order valence-electron chi connectivity index (χ3n) is 8.21. The molecule has 3 saturated heterocycles. The van der Waals surface area contributed by atoms with Crippen molar-refractivity contribution in [2.24, 2.45) is 11.7 Å². The first kappa shape index (κ1) is 22.2. The van der Waals surface area contributed by atoms with E-state index in [1.807, 2.05) is 0 Å². The molecule has 0 aromatic heterocycles. The van der Waals surface area contributed by atoms with Crippen molar-refractivity contribution in [2.45, 2.75) is 50.1 Å². The van der Waals surface area contributed by atoms with Crippen molar-refractivity contribution < 1.29 is 4.74 Å². The highest BCUT2D eigenvalue weighted by atomic mass is 16.5. The molecule has 3 fully saturated rings. The van der Waals surface area contributed by atoms with E-state index in [2.05, 4.69) is 90.7 Å². The van der Waals surface area contributed by atoms with Crippen molar-refractivity contribution in [3.8, 4) is 5.75 Å². The summed E-state index contributed by atoms with van der Waals surface area (Å²) in [4.78, 5) is 2.72. The molecule has 2 atom stereocenters. The summed E-state index contributed by atoms with van der Waals surface area (Å²) >= 11 is 0. The van der Waals surface area contributed by atoms with Crippen LogP contribution in [0.3, 0.4) is 0 Å². The van der Waals surface area contributed by atoms with Gasteiger partial charge in [-0.1, -0.05) is 79.7 Å². The van der Waals surface area contributed by atoms with Crippen LogP contribution in [0.1, 0.15) is 47.9 Å². The van der Waals surface area contributed by atoms with Gasteiger partial charge in [0, 0.05) is 12.0 Å². The molecule has 0 spiro atoms. The molecular formula is C30H36N2O. The fraction of sp³-hybridized carbons (Fsp3) is 0.400. The van der Waals surface area contributed by atoms with E-state index in [0.29, 0.717) is 5.92 Å². The summed E-state index contributed by atoms with van der Waals surface area (Å²) in [5.41, 5.74) is 12.4. The van der Waals surface area contributed by atoms with E-state index < -0.39 is 0 Å². The van der Waals surface area contributed by atoms with E-state index in [1.165, 1.54) is 35.1 Å². The molecule has 6 rings (SSSR count). The minimum Gasteiger partial charge on any atom is -0.496 e. The molecule has 3 heterocycles. The molecule has 0 amide bonds. The van der Waals surface area contributed by atoms with Crippen molar-refractivity contribution in [2.75, 3.05) is 20.2 Å². The highest BCUT2D eigenvalue weighted by Gasteiger charge is 2.56. The van der Waals surface area contributed by atoms with E-state index in [1.54, 1.807) is 7.11 Å². The monoisotopic (exact) mass is 440 g/mol. The van der Waals surface area contributed by atoms with Crippen LogP contribution in [0.4, 0.5) is 0 Å². The third kappa shape index (κ3) is 3.88. The summed E-state index contributed by atoms with van der Waals surface area (Å²) in [6, 6.07) is 28.8. The van der Waals surface area contributed by atoms with Crippen molar-refractivity contribution in [1.82, 2.24) is 4.90 Å². The largest absolute Gasteiger partial charge is 0.496 e. The van der Waals surface area contributed by atoms with Gasteiger partial charge in [0.05, 0.1) is 12.6 Å². The summed E-state index contributed by atoms with van der Waals surface area (Å²) in [6.45, 7) is 4.45. The molecular weight excluding hydrogens is 404 g/mol. The zero-order valence-corrected chi connectivity index (χ0v) is 19.9. The maximum Gasteiger partial charge on any atom is 0.122 e. The minimum absolute atomic E-state index is 0.0976. The number of hydrogen-bond acceptors (Lipinski definition) is 3. The fourth-order valence-electron chi connectivity index (χ4n) is 6.56. The lowest BCUT2D eigenvalue weighted by Gasteiger charge is -2.61. The molecule has 0 saturated carbocycles. The number of rotatable bonds is 7. The summed E-state index contributed by atoms with van der Waals surface area (Å²) in [6.07, 6.45) is 4.30. The summed E-state index contributed by atoms with van der Waals surface area (Å²) in [7, 11) is 1.79. The minimum atomic E-state index is -0.205. The van der Waals surface area contributed by atoms with Crippen LogP contribution < -0.4 is 10.5 Å². The lowest BCUT2D eigenvalue weighted by molar-refractivity contribution is -0.0590. The number of nitrogens with zero attached hydrogens (tertiary/aromatic N) is 1. The predicted octanol–water partition coefficient (Wildman–Crippen LogP) is 5.42. The first-order valence-electron chi connectivity index (χ1n) is 12.4. The van der Waals surface area contributed by atoms with Gasteiger partial charge >= 0.3 is 0 Å². The van der Waals surface area contributed by atoms with Gasteiger partial charge in [-0.2, -0.15) is 0 Å². The molecule has 33 heavy (non-hydrogen) atoms. The highest BCUT2D eigenvalue weighted by Crippen LogP contribution is 2.51. The Hall–Kier alpha value is -2.62. The van der Waals surface area contributed by atoms with Gasteiger partial charge in [0.1, 0.15) is 5.75 Å². The van der Waals surface area contributed by atoms with Crippen LogP contribution in [0.15, 0.2) is 78.9 Å². The number of aryl methyl sites for hydroxylation is 1. The molecule has 3 aromatic carbocycles. The first-order valence-corrected chi connectivity index (χ1v) is 12.4. The smallest absolute Gasteiger partial charge is 0.122 e. The Labute approximate surface area is 198 Å². The molecule has 3 aliphatic rings. The molecule has 3 nitrogen and oxygen atoms in total. The van der Waals surface area contributed by atoms with Crippen LogP contribution in [-0.2, 0) is 12.8 Å². The second-order valence-corrected chi connectivity index (χ2v) is 9.77. The van der Waals surface area contributed by atoms with E-state index in [4.69, 9.17) is 10.5 Å². The summed E-state index contributed by atoms with van der Waals surface area (Å²) < 4.78 is 5.88. The molecule has 2 N–H and O–H groups in total. The second kappa shape index (κ2) is 9.32. The van der Waals surface area contributed by atoms with Crippen molar-refractivity contribution in [3.63, 3.8) is 0 Å². The topological polar surface area (TPSA) is 38.5 Å². The molecule has 3 aliphatic heterocycles. The number of benzene rings is 3. The van der Waals surface area contributed by atoms with Gasteiger partial charge in [-0.25, -0.2) is 0 Å². The van der Waals surface area contributed by atoms with Gasteiger partial charge in [0.25, 0.3) is 0 Å². The molecule has 2 bridgehead atoms. The quantitative estimate of drug-likeness (QED) is 0.533. The Balaban J connectivity index is 1.73. The first-order chi connectivity index (χ1) is 16.2. The van der Waals surface area contributed by atoms with E-state index in [-0.39, 0.29) is 17.5 Å². The van der Waals surface area contributed by atoms with Gasteiger partial charge in [0.15, 0.2) is 0 Å². The molecule has 3 aromatic rings. The van der Waals surface area contributed by atoms with Crippen molar-refractivity contribution in [1.29, 1.82) is 0 Å². The Kier molecular flexibility index (Phi) is 6.27. The average Bonchev–Trinajstić information content (AvgIpc) is 2.88. The normalized spacial score (nSPS) is 26.5. The van der Waals surface area contributed by atoms with Gasteiger partial charge in [0.2, 0.25) is 0 Å². The van der Waals surface area contributed by atoms with Gasteiger partial charge in [-0.15, -0.1) is 0 Å². The summed E-state index contributed by atoms with van der Waals surface area (Å²) in [5, 5.41) is 0. The van der Waals surface area contributed by atoms with Gasteiger partial charge < -0.3 is 10.5 Å². The van der Waals surface area contributed by atoms with E-state index in [9.17, 15) is 0 Å². The summed E-state index contributed by atoms with van der Waals surface area (Å²) in [5.74, 6) is 1.72. The number of ether oxygens (including phenoxy) is 1. The van der Waals surface area contributed by atoms with Crippen LogP contribution >= 0.6 is 0 Å². The van der Waals surface area contributed by atoms with Crippen LogP contribution in [-0.4, -0.2) is 36.7 Å². The Morgan fingerprint density at radius 3 is 2.06 bits per heavy atom. The maximum atomic E-state index is 7.30. The van der Waals surface area contributed by atoms with Crippen LogP contribution in [0, 0.1) is 5.92 Å². The van der Waals surface area contributed by atoms with Crippen molar-refractivity contribution in [3.05, 3.63) is 101 Å². The SMILES string of the molecule is CCc1ccc(OC)c(C[C@]2(C(c3ccccc3)c3ccccc3)[C@@H](N)C3CCN2CC3)c1. The van der Waals surface area contributed by atoms with Crippen LogP contribution in [0.5, 0.6) is 5.75 Å². The number of piperidine rings is 3. The predicted molar refractivity (Wildman–Crippen MR) is 136 cm³/mol. The van der Waals surface area contributed by atoms with Crippen LogP contribution in [0.2, 0.25) is 0 Å². The zero-order valence-electron chi connectivity index (χ0n) is 19.9. The average molecular weight is 441 g/mol. The zero-order chi connectivity index (χ0) is 22.8. The molecule has 0 unspecified atom stereocenters. The lowest BCUT2D eigenvalue weighted by atomic mass is 9.59. The highest BCUT2D eigenvalue weighted by molar-refractivity contribution is 5.44. The lowest BCUT2D eigenvalue weighted by Crippen LogP contribution is -2.73. The Morgan fingerprint density at radius 2 is 1.55 bits per heavy atom. The molecule has 0 radical (unpaired) electrons. The maximum absolute atomic E-state index is 7.30.